The highest BCUT2D eigenvalue weighted by atomic mass is 16.2. The van der Waals surface area contributed by atoms with Gasteiger partial charge < -0.3 is 4.90 Å². The largest absolute Gasteiger partial charge is 0.342 e. The Morgan fingerprint density at radius 2 is 1.69 bits per heavy atom. The summed E-state index contributed by atoms with van der Waals surface area (Å²) in [5.74, 6) is 1.02. The second-order valence-electron chi connectivity index (χ2n) is 5.58. The first kappa shape index (κ1) is 13.5. The van der Waals surface area contributed by atoms with E-state index in [-0.39, 0.29) is 5.41 Å². The van der Waals surface area contributed by atoms with Crippen molar-refractivity contribution in [3.8, 4) is 0 Å². The highest BCUT2D eigenvalue weighted by Gasteiger charge is 2.38. The minimum Gasteiger partial charge on any atom is -0.342 e. The van der Waals surface area contributed by atoms with Crippen molar-refractivity contribution in [1.82, 2.24) is 4.90 Å². The van der Waals surface area contributed by atoms with Crippen LogP contribution in [0.5, 0.6) is 0 Å². The van der Waals surface area contributed by atoms with Gasteiger partial charge in [0, 0.05) is 18.5 Å². The highest BCUT2D eigenvalue weighted by molar-refractivity contribution is 5.82. The van der Waals surface area contributed by atoms with E-state index in [2.05, 4.69) is 32.6 Å². The Morgan fingerprint density at radius 1 is 1.19 bits per heavy atom. The van der Waals surface area contributed by atoms with Crippen molar-refractivity contribution in [3.63, 3.8) is 0 Å². The van der Waals surface area contributed by atoms with Gasteiger partial charge in [0.05, 0.1) is 0 Å². The van der Waals surface area contributed by atoms with Gasteiger partial charge in [-0.25, -0.2) is 0 Å². The quantitative estimate of drug-likeness (QED) is 0.701. The summed E-state index contributed by atoms with van der Waals surface area (Å²) in [5, 5.41) is 0. The normalized spacial score (nSPS) is 17.2. The number of likely N-dealkylation sites (tertiary alicyclic amines) is 1. The molecule has 0 aromatic rings. The molecular formula is C14H27NO. The fraction of sp³-hybridized carbons (Fsp3) is 0.929. The number of hydrogen-bond acceptors (Lipinski definition) is 1. The molecule has 0 spiro atoms. The van der Waals surface area contributed by atoms with Crippen molar-refractivity contribution in [1.29, 1.82) is 0 Å². The number of carbonyl (C=O) groups excluding carboxylic acids is 1. The zero-order valence-corrected chi connectivity index (χ0v) is 11.4. The summed E-state index contributed by atoms with van der Waals surface area (Å²) >= 11 is 0. The fourth-order valence-corrected chi connectivity index (χ4v) is 2.97. The third kappa shape index (κ3) is 2.78. The lowest BCUT2D eigenvalue weighted by molar-refractivity contribution is -0.142. The van der Waals surface area contributed by atoms with Crippen molar-refractivity contribution in [2.24, 2.45) is 11.3 Å². The van der Waals surface area contributed by atoms with Crippen molar-refractivity contribution in [2.75, 3.05) is 13.1 Å². The van der Waals surface area contributed by atoms with Crippen LogP contribution < -0.4 is 0 Å². The zero-order chi connectivity index (χ0) is 12.2. The smallest absolute Gasteiger partial charge is 0.228 e. The molecular weight excluding hydrogens is 198 g/mol. The summed E-state index contributed by atoms with van der Waals surface area (Å²) in [6.07, 6.45) is 5.39. The first-order valence-corrected chi connectivity index (χ1v) is 6.85. The van der Waals surface area contributed by atoms with E-state index in [9.17, 15) is 4.79 Å². The Labute approximate surface area is 100 Å². The van der Waals surface area contributed by atoms with E-state index < -0.39 is 0 Å². The Bertz CT molecular complexity index is 225. The molecule has 1 fully saturated rings. The number of carbonyl (C=O) groups is 1. The average Bonchev–Trinajstić information content (AvgIpc) is 2.78. The lowest BCUT2D eigenvalue weighted by Gasteiger charge is -2.35. The average molecular weight is 225 g/mol. The van der Waals surface area contributed by atoms with Crippen LogP contribution in [0.4, 0.5) is 0 Å². The van der Waals surface area contributed by atoms with E-state index in [1.54, 1.807) is 0 Å². The van der Waals surface area contributed by atoms with Crippen LogP contribution >= 0.6 is 0 Å². The fourth-order valence-electron chi connectivity index (χ4n) is 2.97. The number of rotatable bonds is 5. The SMILES string of the molecule is CCC(CC)(CC(C)C)C(=O)N1CCCC1. The first-order chi connectivity index (χ1) is 7.55. The third-order valence-corrected chi connectivity index (χ3v) is 4.00. The lowest BCUT2D eigenvalue weighted by atomic mass is 9.74. The van der Waals surface area contributed by atoms with E-state index in [0.717, 1.165) is 32.4 Å². The van der Waals surface area contributed by atoms with Crippen LogP contribution in [0.1, 0.15) is 59.8 Å². The van der Waals surface area contributed by atoms with Crippen molar-refractivity contribution >= 4 is 5.91 Å². The Hall–Kier alpha value is -0.530. The van der Waals surface area contributed by atoms with Gasteiger partial charge in [0.15, 0.2) is 0 Å². The van der Waals surface area contributed by atoms with Crippen molar-refractivity contribution in [2.45, 2.75) is 59.8 Å². The first-order valence-electron chi connectivity index (χ1n) is 6.85. The molecule has 0 aliphatic carbocycles. The molecule has 1 aliphatic heterocycles. The molecule has 1 saturated heterocycles. The van der Waals surface area contributed by atoms with E-state index in [1.165, 1.54) is 12.8 Å². The molecule has 0 N–H and O–H groups in total. The third-order valence-electron chi connectivity index (χ3n) is 4.00. The molecule has 1 rings (SSSR count). The van der Waals surface area contributed by atoms with Gasteiger partial charge in [0.25, 0.3) is 0 Å². The van der Waals surface area contributed by atoms with Gasteiger partial charge in [-0.05, 0) is 38.0 Å². The zero-order valence-electron chi connectivity index (χ0n) is 11.4. The Morgan fingerprint density at radius 3 is 2.06 bits per heavy atom. The van der Waals surface area contributed by atoms with Gasteiger partial charge in [-0.2, -0.15) is 0 Å². The van der Waals surface area contributed by atoms with Gasteiger partial charge in [-0.3, -0.25) is 4.79 Å². The predicted octanol–water partition coefficient (Wildman–Crippen LogP) is 3.46. The van der Waals surface area contributed by atoms with Crippen LogP contribution in [0.25, 0.3) is 0 Å². The molecule has 94 valence electrons. The van der Waals surface area contributed by atoms with Gasteiger partial charge >= 0.3 is 0 Å². The molecule has 2 nitrogen and oxygen atoms in total. The second-order valence-corrected chi connectivity index (χ2v) is 5.58. The summed E-state index contributed by atoms with van der Waals surface area (Å²) in [4.78, 5) is 14.7. The molecule has 0 bridgehead atoms. The van der Waals surface area contributed by atoms with E-state index in [0.29, 0.717) is 11.8 Å². The van der Waals surface area contributed by atoms with Gasteiger partial charge in [-0.1, -0.05) is 27.7 Å². The summed E-state index contributed by atoms with van der Waals surface area (Å²) < 4.78 is 0. The number of nitrogens with zero attached hydrogens (tertiary/aromatic N) is 1. The molecule has 16 heavy (non-hydrogen) atoms. The Balaban J connectivity index is 2.77. The van der Waals surface area contributed by atoms with E-state index in [1.807, 2.05) is 0 Å². The van der Waals surface area contributed by atoms with Crippen LogP contribution in [0, 0.1) is 11.3 Å². The second kappa shape index (κ2) is 5.70. The molecule has 1 aliphatic rings. The minimum absolute atomic E-state index is 0.0848. The molecule has 0 saturated carbocycles. The summed E-state index contributed by atoms with van der Waals surface area (Å²) in [7, 11) is 0. The topological polar surface area (TPSA) is 20.3 Å². The Kier molecular flexibility index (Phi) is 4.82. The van der Waals surface area contributed by atoms with Crippen LogP contribution in [0.2, 0.25) is 0 Å². The maximum atomic E-state index is 12.6. The van der Waals surface area contributed by atoms with Crippen LogP contribution in [-0.2, 0) is 4.79 Å². The maximum Gasteiger partial charge on any atom is 0.228 e. The van der Waals surface area contributed by atoms with Gasteiger partial charge in [0.1, 0.15) is 0 Å². The standard InChI is InChI=1S/C14H27NO/c1-5-14(6-2,11-12(3)4)13(16)15-9-7-8-10-15/h12H,5-11H2,1-4H3. The molecule has 2 heteroatoms. The molecule has 0 aromatic heterocycles. The maximum absolute atomic E-state index is 12.6. The molecule has 1 amide bonds. The summed E-state index contributed by atoms with van der Waals surface area (Å²) in [5.41, 5.74) is -0.0848. The lowest BCUT2D eigenvalue weighted by Crippen LogP contribution is -2.42. The predicted molar refractivity (Wildman–Crippen MR) is 68.3 cm³/mol. The highest BCUT2D eigenvalue weighted by Crippen LogP contribution is 2.36. The van der Waals surface area contributed by atoms with Crippen LogP contribution in [0.3, 0.4) is 0 Å². The summed E-state index contributed by atoms with van der Waals surface area (Å²) in [6, 6.07) is 0. The summed E-state index contributed by atoms with van der Waals surface area (Å²) in [6.45, 7) is 10.7. The van der Waals surface area contributed by atoms with E-state index >= 15 is 0 Å². The monoisotopic (exact) mass is 225 g/mol. The molecule has 0 unspecified atom stereocenters. The van der Waals surface area contributed by atoms with Crippen LogP contribution in [-0.4, -0.2) is 23.9 Å². The van der Waals surface area contributed by atoms with Crippen molar-refractivity contribution in [3.05, 3.63) is 0 Å². The number of hydrogen-bond donors (Lipinski definition) is 0. The van der Waals surface area contributed by atoms with E-state index in [4.69, 9.17) is 0 Å². The van der Waals surface area contributed by atoms with Crippen LogP contribution in [0.15, 0.2) is 0 Å². The van der Waals surface area contributed by atoms with Gasteiger partial charge in [-0.15, -0.1) is 0 Å². The molecule has 0 radical (unpaired) electrons. The minimum atomic E-state index is -0.0848. The molecule has 0 aromatic carbocycles. The molecule has 0 atom stereocenters. The van der Waals surface area contributed by atoms with Crippen molar-refractivity contribution < 1.29 is 4.79 Å². The molecule has 1 heterocycles. The number of amides is 1. The van der Waals surface area contributed by atoms with Gasteiger partial charge in [0.2, 0.25) is 5.91 Å².